The fourth-order valence-corrected chi connectivity index (χ4v) is 2.55. The minimum atomic E-state index is -0.737. The minimum Gasteiger partial charge on any atom is -0.454 e. The minimum absolute atomic E-state index is 0.208. The number of rotatable bonds is 2. The summed E-state index contributed by atoms with van der Waals surface area (Å²) in [6.07, 6.45) is 0.942. The normalized spacial score (nSPS) is 14.5. The zero-order valence-corrected chi connectivity index (χ0v) is 11.8. The van der Waals surface area contributed by atoms with Crippen LogP contribution in [0.25, 0.3) is 0 Å². The van der Waals surface area contributed by atoms with E-state index < -0.39 is 6.10 Å². The zero-order chi connectivity index (χ0) is 13.4. The molecule has 1 N–H and O–H groups in total. The van der Waals surface area contributed by atoms with E-state index in [0.29, 0.717) is 11.5 Å². The molecule has 5 heteroatoms. The molecule has 0 aliphatic carbocycles. The lowest BCUT2D eigenvalue weighted by molar-refractivity contribution is 0.173. The van der Waals surface area contributed by atoms with Crippen LogP contribution in [0.4, 0.5) is 0 Å². The number of fused-ring (bicyclic) bond motifs is 1. The lowest BCUT2D eigenvalue weighted by Gasteiger charge is -2.12. The highest BCUT2D eigenvalue weighted by Crippen LogP contribution is 2.41. The van der Waals surface area contributed by atoms with Gasteiger partial charge in [-0.3, -0.25) is 4.98 Å². The predicted molar refractivity (Wildman–Crippen MR) is 73.3 cm³/mol. The third-order valence-corrected chi connectivity index (χ3v) is 3.60. The van der Waals surface area contributed by atoms with Crippen molar-refractivity contribution in [1.82, 2.24) is 4.98 Å². The number of hydrogen-bond acceptors (Lipinski definition) is 4. The Morgan fingerprint density at radius 2 is 2.11 bits per heavy atom. The number of halogens is 1. The van der Waals surface area contributed by atoms with Crippen LogP contribution in [-0.4, -0.2) is 16.9 Å². The number of pyridine rings is 1. The summed E-state index contributed by atoms with van der Waals surface area (Å²) in [7, 11) is 0. The molecular formula is C14H12BrNO3. The van der Waals surface area contributed by atoms with E-state index in [1.54, 1.807) is 12.3 Å². The van der Waals surface area contributed by atoms with Gasteiger partial charge in [0.15, 0.2) is 11.5 Å². The summed E-state index contributed by atoms with van der Waals surface area (Å²) in [6, 6.07) is 7.36. The molecular weight excluding hydrogens is 310 g/mol. The summed E-state index contributed by atoms with van der Waals surface area (Å²) in [4.78, 5) is 4.19. The first-order valence-electron chi connectivity index (χ1n) is 5.85. The molecule has 1 aliphatic heterocycles. The number of aliphatic hydroxyl groups is 1. The summed E-state index contributed by atoms with van der Waals surface area (Å²) in [5.41, 5.74) is 2.40. The fraction of sp³-hybridized carbons (Fsp3) is 0.214. The Hall–Kier alpha value is -1.59. The van der Waals surface area contributed by atoms with Crippen molar-refractivity contribution in [2.45, 2.75) is 13.0 Å². The molecule has 0 saturated carbocycles. The molecule has 1 aromatic heterocycles. The fourth-order valence-electron chi connectivity index (χ4n) is 1.98. The molecule has 0 fully saturated rings. The van der Waals surface area contributed by atoms with E-state index in [1.165, 1.54) is 0 Å². The standard InChI is InChI=1S/C14H12BrNO3/c1-8-2-3-9(6-16-8)13(17)10-4-11(15)14-12(5-10)18-7-19-14/h2-6,13,17H,7H2,1H3. The molecule has 98 valence electrons. The predicted octanol–water partition coefficient (Wildman–Crippen LogP) is 2.96. The van der Waals surface area contributed by atoms with Crippen LogP contribution >= 0.6 is 15.9 Å². The molecule has 1 atom stereocenters. The molecule has 1 aliphatic rings. The Balaban J connectivity index is 1.98. The Kier molecular flexibility index (Phi) is 3.16. The van der Waals surface area contributed by atoms with Crippen molar-refractivity contribution >= 4 is 15.9 Å². The third kappa shape index (κ3) is 2.31. The van der Waals surface area contributed by atoms with Crippen LogP contribution in [0.1, 0.15) is 22.9 Å². The van der Waals surface area contributed by atoms with Crippen molar-refractivity contribution in [2.75, 3.05) is 6.79 Å². The number of aliphatic hydroxyl groups excluding tert-OH is 1. The van der Waals surface area contributed by atoms with Gasteiger partial charge in [-0.05, 0) is 46.6 Å². The van der Waals surface area contributed by atoms with Crippen molar-refractivity contribution in [3.63, 3.8) is 0 Å². The third-order valence-electron chi connectivity index (χ3n) is 3.02. The van der Waals surface area contributed by atoms with E-state index in [2.05, 4.69) is 20.9 Å². The second kappa shape index (κ2) is 4.83. The van der Waals surface area contributed by atoms with Gasteiger partial charge in [0.25, 0.3) is 0 Å². The second-order valence-corrected chi connectivity index (χ2v) is 5.23. The Morgan fingerprint density at radius 3 is 2.84 bits per heavy atom. The molecule has 1 unspecified atom stereocenters. The maximum absolute atomic E-state index is 10.4. The number of hydrogen-bond donors (Lipinski definition) is 1. The molecule has 2 aromatic rings. The molecule has 1 aromatic carbocycles. The molecule has 2 heterocycles. The van der Waals surface area contributed by atoms with Crippen LogP contribution < -0.4 is 9.47 Å². The Bertz CT molecular complexity index is 613. The Labute approximate surface area is 119 Å². The summed E-state index contributed by atoms with van der Waals surface area (Å²) < 4.78 is 11.4. The van der Waals surface area contributed by atoms with Crippen LogP contribution in [0.15, 0.2) is 34.9 Å². The number of aryl methyl sites for hydroxylation is 1. The summed E-state index contributed by atoms with van der Waals surface area (Å²) in [5.74, 6) is 1.32. The van der Waals surface area contributed by atoms with E-state index in [4.69, 9.17) is 9.47 Å². The van der Waals surface area contributed by atoms with Crippen molar-refractivity contribution in [1.29, 1.82) is 0 Å². The van der Waals surface area contributed by atoms with Crippen LogP contribution in [-0.2, 0) is 0 Å². The first kappa shape index (κ1) is 12.4. The van der Waals surface area contributed by atoms with Crippen LogP contribution in [0.5, 0.6) is 11.5 Å². The van der Waals surface area contributed by atoms with Gasteiger partial charge in [0.1, 0.15) is 6.10 Å². The quantitative estimate of drug-likeness (QED) is 0.924. The van der Waals surface area contributed by atoms with E-state index in [9.17, 15) is 5.11 Å². The van der Waals surface area contributed by atoms with Gasteiger partial charge >= 0.3 is 0 Å². The maximum atomic E-state index is 10.4. The van der Waals surface area contributed by atoms with Gasteiger partial charge in [-0.15, -0.1) is 0 Å². The average Bonchev–Trinajstić information content (AvgIpc) is 2.87. The lowest BCUT2D eigenvalue weighted by atomic mass is 10.0. The molecule has 0 radical (unpaired) electrons. The zero-order valence-electron chi connectivity index (χ0n) is 10.3. The van der Waals surface area contributed by atoms with Gasteiger partial charge in [-0.2, -0.15) is 0 Å². The van der Waals surface area contributed by atoms with E-state index in [-0.39, 0.29) is 6.79 Å². The highest BCUT2D eigenvalue weighted by molar-refractivity contribution is 9.10. The van der Waals surface area contributed by atoms with Gasteiger partial charge in [-0.25, -0.2) is 0 Å². The topological polar surface area (TPSA) is 51.6 Å². The lowest BCUT2D eigenvalue weighted by Crippen LogP contribution is -2.01. The van der Waals surface area contributed by atoms with Crippen LogP contribution in [0, 0.1) is 6.92 Å². The smallest absolute Gasteiger partial charge is 0.231 e. The van der Waals surface area contributed by atoms with Gasteiger partial charge in [-0.1, -0.05) is 6.07 Å². The average molecular weight is 322 g/mol. The van der Waals surface area contributed by atoms with Gasteiger partial charge in [0.05, 0.1) is 4.47 Å². The first-order valence-corrected chi connectivity index (χ1v) is 6.64. The number of ether oxygens (including phenoxy) is 2. The highest BCUT2D eigenvalue weighted by Gasteiger charge is 2.21. The molecule has 0 bridgehead atoms. The summed E-state index contributed by atoms with van der Waals surface area (Å²) in [6.45, 7) is 2.12. The largest absolute Gasteiger partial charge is 0.454 e. The van der Waals surface area contributed by atoms with Gasteiger partial charge in [0.2, 0.25) is 6.79 Å². The summed E-state index contributed by atoms with van der Waals surface area (Å²) >= 11 is 3.42. The van der Waals surface area contributed by atoms with E-state index >= 15 is 0 Å². The number of aromatic nitrogens is 1. The second-order valence-electron chi connectivity index (χ2n) is 4.37. The molecule has 3 rings (SSSR count). The van der Waals surface area contributed by atoms with Crippen LogP contribution in [0.2, 0.25) is 0 Å². The van der Waals surface area contributed by atoms with Gasteiger partial charge in [0, 0.05) is 17.5 Å². The molecule has 4 nitrogen and oxygen atoms in total. The SMILES string of the molecule is Cc1ccc(C(O)c2cc(Br)c3c(c2)OCO3)cn1. The van der Waals surface area contributed by atoms with Crippen molar-refractivity contribution in [3.05, 3.63) is 51.8 Å². The Morgan fingerprint density at radius 1 is 1.26 bits per heavy atom. The highest BCUT2D eigenvalue weighted by atomic mass is 79.9. The van der Waals surface area contributed by atoms with Crippen molar-refractivity contribution < 1.29 is 14.6 Å². The van der Waals surface area contributed by atoms with E-state index in [1.807, 2.05) is 25.1 Å². The monoisotopic (exact) mass is 321 g/mol. The van der Waals surface area contributed by atoms with Crippen molar-refractivity contribution in [3.8, 4) is 11.5 Å². The first-order chi connectivity index (χ1) is 9.15. The van der Waals surface area contributed by atoms with E-state index in [0.717, 1.165) is 21.3 Å². The van der Waals surface area contributed by atoms with Gasteiger partial charge < -0.3 is 14.6 Å². The molecule has 19 heavy (non-hydrogen) atoms. The van der Waals surface area contributed by atoms with Crippen molar-refractivity contribution in [2.24, 2.45) is 0 Å². The number of benzene rings is 1. The molecule has 0 saturated heterocycles. The summed E-state index contributed by atoms with van der Waals surface area (Å²) in [5, 5.41) is 10.4. The molecule has 0 spiro atoms. The number of nitrogens with zero attached hydrogens (tertiary/aromatic N) is 1. The van der Waals surface area contributed by atoms with Crippen LogP contribution in [0.3, 0.4) is 0 Å². The molecule has 0 amide bonds. The maximum Gasteiger partial charge on any atom is 0.231 e.